The van der Waals surface area contributed by atoms with E-state index in [4.69, 9.17) is 0 Å². The van der Waals surface area contributed by atoms with Crippen molar-refractivity contribution < 1.29 is 18.0 Å². The van der Waals surface area contributed by atoms with Crippen molar-refractivity contribution in [3.63, 3.8) is 0 Å². The summed E-state index contributed by atoms with van der Waals surface area (Å²) >= 11 is 0. The maximum atomic E-state index is 11.9. The molecule has 1 atom stereocenters. The van der Waals surface area contributed by atoms with Gasteiger partial charge in [-0.1, -0.05) is 24.3 Å². The molecule has 5 heteroatoms. The van der Waals surface area contributed by atoms with Crippen molar-refractivity contribution in [1.29, 1.82) is 0 Å². The fraction of sp³-hybridized carbons (Fsp3) is 0.364. The molecule has 0 saturated carbocycles. The monoisotopic (exact) mass is 229 g/mol. The van der Waals surface area contributed by atoms with Crippen LogP contribution < -0.4 is 5.32 Å². The Labute approximate surface area is 90.5 Å². The predicted molar refractivity (Wildman–Crippen MR) is 52.0 cm³/mol. The van der Waals surface area contributed by atoms with Crippen LogP contribution in [0.3, 0.4) is 0 Å². The number of amides is 1. The highest BCUT2D eigenvalue weighted by atomic mass is 19.4. The van der Waals surface area contributed by atoms with Gasteiger partial charge in [-0.3, -0.25) is 4.79 Å². The van der Waals surface area contributed by atoms with Crippen molar-refractivity contribution in [2.75, 3.05) is 6.54 Å². The standard InChI is InChI=1S/C11H10F3NO/c12-11(13,14)10(16)15-6-8-5-7-3-1-2-4-9(7)8/h1-4,8H,5-6H2,(H,15,16). The second-order valence-corrected chi connectivity index (χ2v) is 3.81. The Morgan fingerprint density at radius 2 is 2.06 bits per heavy atom. The lowest BCUT2D eigenvalue weighted by atomic mass is 9.77. The fourth-order valence-electron chi connectivity index (χ4n) is 1.86. The zero-order chi connectivity index (χ0) is 11.8. The number of rotatable bonds is 2. The Bertz CT molecular complexity index is 414. The number of alkyl halides is 3. The molecule has 1 aliphatic rings. The lowest BCUT2D eigenvalue weighted by Gasteiger charge is -2.30. The third-order valence-corrected chi connectivity index (χ3v) is 2.73. The van der Waals surface area contributed by atoms with E-state index in [9.17, 15) is 18.0 Å². The molecule has 0 fully saturated rings. The number of carbonyl (C=O) groups excluding carboxylic acids is 1. The van der Waals surface area contributed by atoms with E-state index in [0.717, 1.165) is 17.5 Å². The Hall–Kier alpha value is -1.52. The highest BCUT2D eigenvalue weighted by Crippen LogP contribution is 2.34. The quantitative estimate of drug-likeness (QED) is 0.825. The average molecular weight is 229 g/mol. The van der Waals surface area contributed by atoms with Crippen LogP contribution in [0.2, 0.25) is 0 Å². The molecule has 0 aliphatic heterocycles. The van der Waals surface area contributed by atoms with Gasteiger partial charge in [0.1, 0.15) is 0 Å². The summed E-state index contributed by atoms with van der Waals surface area (Å²) in [6.45, 7) is 0.0509. The molecular formula is C11H10F3NO. The largest absolute Gasteiger partial charge is 0.471 e. The highest BCUT2D eigenvalue weighted by Gasteiger charge is 2.39. The van der Waals surface area contributed by atoms with Crippen molar-refractivity contribution in [3.8, 4) is 0 Å². The number of nitrogens with one attached hydrogen (secondary N) is 1. The smallest absolute Gasteiger partial charge is 0.348 e. The van der Waals surface area contributed by atoms with Crippen LogP contribution in [0.25, 0.3) is 0 Å². The normalized spacial score (nSPS) is 18.6. The first-order chi connectivity index (χ1) is 7.48. The van der Waals surface area contributed by atoms with Crippen molar-refractivity contribution in [2.24, 2.45) is 0 Å². The molecule has 1 N–H and O–H groups in total. The lowest BCUT2D eigenvalue weighted by Crippen LogP contribution is -2.40. The first-order valence-electron chi connectivity index (χ1n) is 4.91. The van der Waals surface area contributed by atoms with E-state index in [1.54, 1.807) is 0 Å². The first-order valence-corrected chi connectivity index (χ1v) is 4.91. The SMILES string of the molecule is O=C(NCC1Cc2ccccc21)C(F)(F)F. The molecule has 1 aliphatic carbocycles. The predicted octanol–water partition coefficient (Wildman–Crippen LogP) is 2.00. The van der Waals surface area contributed by atoms with E-state index in [1.807, 2.05) is 29.6 Å². The summed E-state index contributed by atoms with van der Waals surface area (Å²) in [5.74, 6) is -1.85. The molecule has 0 aromatic heterocycles. The number of benzene rings is 1. The van der Waals surface area contributed by atoms with Crippen LogP contribution in [-0.4, -0.2) is 18.6 Å². The molecule has 0 bridgehead atoms. The fourth-order valence-corrected chi connectivity index (χ4v) is 1.86. The highest BCUT2D eigenvalue weighted by molar-refractivity contribution is 5.81. The van der Waals surface area contributed by atoms with Gasteiger partial charge < -0.3 is 5.32 Å². The minimum absolute atomic E-state index is 0.0162. The van der Waals surface area contributed by atoms with Crippen molar-refractivity contribution in [1.82, 2.24) is 5.32 Å². The van der Waals surface area contributed by atoms with Gasteiger partial charge in [0.15, 0.2) is 0 Å². The Morgan fingerprint density at radius 3 is 2.69 bits per heavy atom. The van der Waals surface area contributed by atoms with Gasteiger partial charge in [-0.25, -0.2) is 0 Å². The number of hydrogen-bond acceptors (Lipinski definition) is 1. The number of fused-ring (bicyclic) bond motifs is 1. The van der Waals surface area contributed by atoms with Gasteiger partial charge in [0.2, 0.25) is 0 Å². The molecule has 86 valence electrons. The Morgan fingerprint density at radius 1 is 1.38 bits per heavy atom. The molecular weight excluding hydrogens is 219 g/mol. The summed E-state index contributed by atoms with van der Waals surface area (Å²) in [5, 5.41) is 1.90. The molecule has 2 nitrogen and oxygen atoms in total. The Balaban J connectivity index is 1.89. The second kappa shape index (κ2) is 3.81. The van der Waals surface area contributed by atoms with Gasteiger partial charge in [-0.15, -0.1) is 0 Å². The molecule has 0 saturated heterocycles. The summed E-state index contributed by atoms with van der Waals surface area (Å²) in [6.07, 6.45) is -4.06. The molecule has 0 radical (unpaired) electrons. The summed E-state index contributed by atoms with van der Waals surface area (Å²) in [5.41, 5.74) is 2.18. The van der Waals surface area contributed by atoms with Crippen LogP contribution >= 0.6 is 0 Å². The third kappa shape index (κ3) is 2.03. The topological polar surface area (TPSA) is 29.1 Å². The maximum Gasteiger partial charge on any atom is 0.471 e. The van der Waals surface area contributed by atoms with E-state index >= 15 is 0 Å². The lowest BCUT2D eigenvalue weighted by molar-refractivity contribution is -0.173. The van der Waals surface area contributed by atoms with E-state index in [2.05, 4.69) is 0 Å². The molecule has 1 aromatic rings. The van der Waals surface area contributed by atoms with Gasteiger partial charge >= 0.3 is 12.1 Å². The van der Waals surface area contributed by atoms with E-state index < -0.39 is 12.1 Å². The molecule has 0 heterocycles. The van der Waals surface area contributed by atoms with Gasteiger partial charge in [-0.05, 0) is 17.5 Å². The van der Waals surface area contributed by atoms with Gasteiger partial charge in [0.05, 0.1) is 0 Å². The van der Waals surface area contributed by atoms with Crippen LogP contribution in [0.4, 0.5) is 13.2 Å². The molecule has 1 amide bonds. The van der Waals surface area contributed by atoms with Crippen LogP contribution in [0.15, 0.2) is 24.3 Å². The van der Waals surface area contributed by atoms with Crippen LogP contribution in [0.1, 0.15) is 17.0 Å². The third-order valence-electron chi connectivity index (χ3n) is 2.73. The Kier molecular flexibility index (Phi) is 2.61. The maximum absolute atomic E-state index is 11.9. The molecule has 1 unspecified atom stereocenters. The minimum Gasteiger partial charge on any atom is -0.348 e. The summed E-state index contributed by atoms with van der Waals surface area (Å²) in [6, 6.07) is 7.56. The van der Waals surface area contributed by atoms with Crippen molar-refractivity contribution in [3.05, 3.63) is 35.4 Å². The zero-order valence-corrected chi connectivity index (χ0v) is 8.34. The van der Waals surface area contributed by atoms with Crippen LogP contribution in [0, 0.1) is 0 Å². The van der Waals surface area contributed by atoms with Gasteiger partial charge in [0, 0.05) is 12.5 Å². The number of halogens is 3. The van der Waals surface area contributed by atoms with Crippen molar-refractivity contribution in [2.45, 2.75) is 18.5 Å². The van der Waals surface area contributed by atoms with Gasteiger partial charge in [-0.2, -0.15) is 13.2 Å². The zero-order valence-electron chi connectivity index (χ0n) is 8.34. The van der Waals surface area contributed by atoms with E-state index in [-0.39, 0.29) is 12.5 Å². The summed E-state index contributed by atoms with van der Waals surface area (Å²) in [7, 11) is 0. The molecule has 16 heavy (non-hydrogen) atoms. The molecule has 0 spiro atoms. The number of carbonyl (C=O) groups is 1. The molecule has 2 rings (SSSR count). The summed E-state index contributed by atoms with van der Waals surface area (Å²) in [4.78, 5) is 10.6. The first kappa shape index (κ1) is 11.0. The van der Waals surface area contributed by atoms with E-state index in [0.29, 0.717) is 0 Å². The second-order valence-electron chi connectivity index (χ2n) is 3.81. The van der Waals surface area contributed by atoms with Gasteiger partial charge in [0.25, 0.3) is 0 Å². The van der Waals surface area contributed by atoms with E-state index in [1.165, 1.54) is 0 Å². The number of hydrogen-bond donors (Lipinski definition) is 1. The summed E-state index contributed by atoms with van der Waals surface area (Å²) < 4.78 is 35.7. The van der Waals surface area contributed by atoms with Crippen molar-refractivity contribution >= 4 is 5.91 Å². The van der Waals surface area contributed by atoms with Crippen LogP contribution in [-0.2, 0) is 11.2 Å². The molecule has 1 aromatic carbocycles. The van der Waals surface area contributed by atoms with Crippen LogP contribution in [0.5, 0.6) is 0 Å². The minimum atomic E-state index is -4.79. The average Bonchev–Trinajstić information content (AvgIpc) is 2.17.